The molecular formula is C20H18N2O4. The third-order valence-corrected chi connectivity index (χ3v) is 4.15. The van der Waals surface area contributed by atoms with Crippen LogP contribution in [0.1, 0.15) is 10.5 Å². The first-order valence-corrected chi connectivity index (χ1v) is 8.46. The lowest BCUT2D eigenvalue weighted by atomic mass is 10.2. The molecular weight excluding hydrogens is 332 g/mol. The number of hydrogen-bond acceptors (Lipinski definition) is 6. The van der Waals surface area contributed by atoms with E-state index >= 15 is 0 Å². The minimum atomic E-state index is -0.545. The number of morpholine rings is 1. The molecule has 0 radical (unpaired) electrons. The Labute approximate surface area is 151 Å². The Morgan fingerprint density at radius 3 is 2.54 bits per heavy atom. The summed E-state index contributed by atoms with van der Waals surface area (Å²) in [7, 11) is 0. The summed E-state index contributed by atoms with van der Waals surface area (Å²) in [6.45, 7) is 2.84. The standard InChI is InChI=1S/C20H18N2O4/c23-20(16-14-25-19(21-16)15-6-2-1-3-7-15)26-18-9-5-4-8-17(18)22-10-12-24-13-11-22/h1-9,14H,10-13H2. The van der Waals surface area contributed by atoms with Gasteiger partial charge < -0.3 is 18.8 Å². The van der Waals surface area contributed by atoms with E-state index in [-0.39, 0.29) is 5.69 Å². The number of ether oxygens (including phenoxy) is 2. The van der Waals surface area contributed by atoms with Crippen molar-refractivity contribution in [3.63, 3.8) is 0 Å². The smallest absolute Gasteiger partial charge is 0.365 e. The highest BCUT2D eigenvalue weighted by molar-refractivity contribution is 5.90. The lowest BCUT2D eigenvalue weighted by Crippen LogP contribution is -2.36. The molecule has 1 fully saturated rings. The van der Waals surface area contributed by atoms with Crippen LogP contribution in [-0.4, -0.2) is 37.3 Å². The van der Waals surface area contributed by atoms with E-state index in [4.69, 9.17) is 13.9 Å². The van der Waals surface area contributed by atoms with E-state index in [1.165, 1.54) is 6.26 Å². The zero-order valence-corrected chi connectivity index (χ0v) is 14.1. The maximum absolute atomic E-state index is 12.5. The lowest BCUT2D eigenvalue weighted by Gasteiger charge is -2.29. The van der Waals surface area contributed by atoms with Crippen LogP contribution in [0, 0.1) is 0 Å². The molecule has 1 aliphatic heterocycles. The predicted molar refractivity (Wildman–Crippen MR) is 96.4 cm³/mol. The Morgan fingerprint density at radius 2 is 1.73 bits per heavy atom. The first-order chi connectivity index (χ1) is 12.8. The fraction of sp³-hybridized carbons (Fsp3) is 0.200. The molecule has 0 unspecified atom stereocenters. The summed E-state index contributed by atoms with van der Waals surface area (Å²) in [4.78, 5) is 18.9. The number of rotatable bonds is 4. The Kier molecular flexibility index (Phi) is 4.66. The molecule has 26 heavy (non-hydrogen) atoms. The molecule has 132 valence electrons. The zero-order valence-electron chi connectivity index (χ0n) is 14.1. The number of nitrogens with zero attached hydrogens (tertiary/aromatic N) is 2. The van der Waals surface area contributed by atoms with Gasteiger partial charge in [-0.15, -0.1) is 0 Å². The molecule has 0 bridgehead atoms. The molecule has 6 nitrogen and oxygen atoms in total. The Bertz CT molecular complexity index is 886. The van der Waals surface area contributed by atoms with Gasteiger partial charge >= 0.3 is 5.97 Å². The first kappa shape index (κ1) is 16.4. The summed E-state index contributed by atoms with van der Waals surface area (Å²) in [5.41, 5.74) is 1.82. The molecule has 3 aromatic rings. The van der Waals surface area contributed by atoms with Gasteiger partial charge in [-0.3, -0.25) is 0 Å². The minimum absolute atomic E-state index is 0.139. The number of oxazole rings is 1. The molecule has 0 amide bonds. The average Bonchev–Trinajstić information content (AvgIpc) is 3.20. The zero-order chi connectivity index (χ0) is 17.8. The maximum Gasteiger partial charge on any atom is 0.365 e. The molecule has 0 N–H and O–H groups in total. The average molecular weight is 350 g/mol. The van der Waals surface area contributed by atoms with Gasteiger partial charge in [0, 0.05) is 18.7 Å². The number of benzene rings is 2. The van der Waals surface area contributed by atoms with Gasteiger partial charge in [-0.2, -0.15) is 0 Å². The summed E-state index contributed by atoms with van der Waals surface area (Å²) < 4.78 is 16.4. The second-order valence-corrected chi connectivity index (χ2v) is 5.86. The molecule has 2 aromatic carbocycles. The van der Waals surface area contributed by atoms with Gasteiger partial charge in [-0.05, 0) is 24.3 Å². The van der Waals surface area contributed by atoms with Crippen LogP contribution in [0.3, 0.4) is 0 Å². The maximum atomic E-state index is 12.5. The lowest BCUT2D eigenvalue weighted by molar-refractivity contribution is 0.0728. The van der Waals surface area contributed by atoms with E-state index in [9.17, 15) is 4.79 Å². The van der Waals surface area contributed by atoms with Crippen LogP contribution < -0.4 is 9.64 Å². The molecule has 0 saturated carbocycles. The highest BCUT2D eigenvalue weighted by Crippen LogP contribution is 2.29. The van der Waals surface area contributed by atoms with E-state index in [2.05, 4.69) is 9.88 Å². The number of para-hydroxylation sites is 2. The molecule has 1 aromatic heterocycles. The predicted octanol–water partition coefficient (Wildman–Crippen LogP) is 3.40. The normalized spacial score (nSPS) is 14.2. The number of esters is 1. The number of carbonyl (C=O) groups excluding carboxylic acids is 1. The van der Waals surface area contributed by atoms with Crippen LogP contribution in [-0.2, 0) is 4.74 Å². The minimum Gasteiger partial charge on any atom is -0.444 e. The van der Waals surface area contributed by atoms with E-state index in [1.54, 1.807) is 6.07 Å². The van der Waals surface area contributed by atoms with E-state index in [0.29, 0.717) is 24.9 Å². The highest BCUT2D eigenvalue weighted by Gasteiger charge is 2.20. The van der Waals surface area contributed by atoms with Gasteiger partial charge in [0.25, 0.3) is 0 Å². The SMILES string of the molecule is O=C(Oc1ccccc1N1CCOCC1)c1coc(-c2ccccc2)n1. The van der Waals surface area contributed by atoms with E-state index in [0.717, 1.165) is 24.3 Å². The Morgan fingerprint density at radius 1 is 1.00 bits per heavy atom. The summed E-state index contributed by atoms with van der Waals surface area (Å²) >= 11 is 0. The number of aromatic nitrogens is 1. The number of carbonyl (C=O) groups is 1. The van der Waals surface area contributed by atoms with Gasteiger partial charge in [0.15, 0.2) is 11.4 Å². The van der Waals surface area contributed by atoms with Crippen molar-refractivity contribution < 1.29 is 18.7 Å². The fourth-order valence-corrected chi connectivity index (χ4v) is 2.84. The fourth-order valence-electron chi connectivity index (χ4n) is 2.84. The Balaban J connectivity index is 1.53. The van der Waals surface area contributed by atoms with Crippen molar-refractivity contribution in [2.45, 2.75) is 0 Å². The number of anilines is 1. The molecule has 0 atom stereocenters. The second kappa shape index (κ2) is 7.41. The first-order valence-electron chi connectivity index (χ1n) is 8.46. The van der Waals surface area contributed by atoms with Crippen LogP contribution in [0.25, 0.3) is 11.5 Å². The monoisotopic (exact) mass is 350 g/mol. The second-order valence-electron chi connectivity index (χ2n) is 5.86. The summed E-state index contributed by atoms with van der Waals surface area (Å²) in [6, 6.07) is 16.9. The van der Waals surface area contributed by atoms with Crippen LogP contribution in [0.5, 0.6) is 5.75 Å². The molecule has 1 saturated heterocycles. The molecule has 0 aliphatic carbocycles. The van der Waals surface area contributed by atoms with E-state index < -0.39 is 5.97 Å². The van der Waals surface area contributed by atoms with Gasteiger partial charge in [0.1, 0.15) is 6.26 Å². The van der Waals surface area contributed by atoms with Crippen LogP contribution in [0.2, 0.25) is 0 Å². The molecule has 1 aliphatic rings. The summed E-state index contributed by atoms with van der Waals surface area (Å²) in [6.07, 6.45) is 1.32. The van der Waals surface area contributed by atoms with Gasteiger partial charge in [0.2, 0.25) is 5.89 Å². The largest absolute Gasteiger partial charge is 0.444 e. The van der Waals surface area contributed by atoms with Gasteiger partial charge in [-0.25, -0.2) is 9.78 Å². The molecule has 0 spiro atoms. The van der Waals surface area contributed by atoms with Gasteiger partial charge in [0.05, 0.1) is 18.9 Å². The van der Waals surface area contributed by atoms with E-state index in [1.807, 2.05) is 48.5 Å². The summed E-state index contributed by atoms with van der Waals surface area (Å²) in [5.74, 6) is 0.347. The third kappa shape index (κ3) is 3.45. The van der Waals surface area contributed by atoms with Crippen molar-refractivity contribution >= 4 is 11.7 Å². The van der Waals surface area contributed by atoms with Crippen molar-refractivity contribution in [1.82, 2.24) is 4.98 Å². The van der Waals surface area contributed by atoms with Crippen molar-refractivity contribution in [2.75, 3.05) is 31.2 Å². The highest BCUT2D eigenvalue weighted by atomic mass is 16.5. The van der Waals surface area contributed by atoms with Crippen molar-refractivity contribution in [1.29, 1.82) is 0 Å². The molecule has 2 heterocycles. The molecule has 6 heteroatoms. The van der Waals surface area contributed by atoms with Crippen LogP contribution in [0.4, 0.5) is 5.69 Å². The third-order valence-electron chi connectivity index (χ3n) is 4.15. The Hall–Kier alpha value is -3.12. The summed E-state index contributed by atoms with van der Waals surface area (Å²) in [5, 5.41) is 0. The quantitative estimate of drug-likeness (QED) is 0.531. The van der Waals surface area contributed by atoms with Crippen LogP contribution in [0.15, 0.2) is 65.3 Å². The van der Waals surface area contributed by atoms with Gasteiger partial charge in [-0.1, -0.05) is 30.3 Å². The van der Waals surface area contributed by atoms with Crippen molar-refractivity contribution in [2.24, 2.45) is 0 Å². The van der Waals surface area contributed by atoms with Crippen molar-refractivity contribution in [3.05, 3.63) is 66.6 Å². The van der Waals surface area contributed by atoms with Crippen molar-refractivity contribution in [3.8, 4) is 17.2 Å². The topological polar surface area (TPSA) is 64.8 Å². The van der Waals surface area contributed by atoms with Crippen LogP contribution >= 0.6 is 0 Å². The molecule has 4 rings (SSSR count). The number of hydrogen-bond donors (Lipinski definition) is 0.